The molecule has 0 aliphatic heterocycles. The number of aromatic hydroxyl groups is 1. The maximum absolute atomic E-state index is 12.9. The number of phenols is 1. The maximum Gasteiger partial charge on any atom is 0.126 e. The Morgan fingerprint density at radius 1 is 1.28 bits per heavy atom. The summed E-state index contributed by atoms with van der Waals surface area (Å²) in [5.41, 5.74) is 1.46. The summed E-state index contributed by atoms with van der Waals surface area (Å²) in [7, 11) is 0. The molecule has 0 atom stereocenters. The van der Waals surface area contributed by atoms with Gasteiger partial charge in [-0.05, 0) is 25.0 Å². The lowest BCUT2D eigenvalue weighted by molar-refractivity contribution is 0.466. The molecule has 1 aliphatic carbocycles. The van der Waals surface area contributed by atoms with E-state index in [2.05, 4.69) is 5.10 Å². The quantitative estimate of drug-likeness (QED) is 0.880. The fourth-order valence-corrected chi connectivity index (χ4v) is 2.59. The molecule has 4 heteroatoms. The van der Waals surface area contributed by atoms with Gasteiger partial charge in [0, 0.05) is 23.4 Å². The highest BCUT2D eigenvalue weighted by atomic mass is 19.1. The average Bonchev–Trinajstić information content (AvgIpc) is 2.99. The van der Waals surface area contributed by atoms with Crippen LogP contribution < -0.4 is 0 Å². The van der Waals surface area contributed by atoms with Crippen LogP contribution in [0.1, 0.15) is 31.7 Å². The number of rotatable bonds is 2. The van der Waals surface area contributed by atoms with Crippen molar-refractivity contribution in [3.05, 3.63) is 36.4 Å². The van der Waals surface area contributed by atoms with Crippen LogP contribution in [0.4, 0.5) is 4.39 Å². The lowest BCUT2D eigenvalue weighted by atomic mass is 10.1. The fourth-order valence-electron chi connectivity index (χ4n) is 2.59. The highest BCUT2D eigenvalue weighted by Crippen LogP contribution is 2.33. The van der Waals surface area contributed by atoms with Gasteiger partial charge in [0.25, 0.3) is 0 Å². The molecule has 3 nitrogen and oxygen atoms in total. The molecule has 1 fully saturated rings. The Balaban J connectivity index is 1.92. The second kappa shape index (κ2) is 4.44. The first-order chi connectivity index (χ1) is 8.74. The van der Waals surface area contributed by atoms with Gasteiger partial charge in [0.1, 0.15) is 11.6 Å². The molecule has 0 bridgehead atoms. The van der Waals surface area contributed by atoms with E-state index < -0.39 is 5.82 Å². The Morgan fingerprint density at radius 3 is 2.78 bits per heavy atom. The summed E-state index contributed by atoms with van der Waals surface area (Å²) >= 11 is 0. The Hall–Kier alpha value is -1.84. The number of benzene rings is 1. The molecule has 94 valence electrons. The second-order valence-electron chi connectivity index (χ2n) is 4.81. The zero-order chi connectivity index (χ0) is 12.5. The highest BCUT2D eigenvalue weighted by Gasteiger charge is 2.18. The molecule has 0 radical (unpaired) electrons. The summed E-state index contributed by atoms with van der Waals surface area (Å²) in [5, 5.41) is 14.1. The van der Waals surface area contributed by atoms with Gasteiger partial charge in [0.2, 0.25) is 0 Å². The number of aromatic nitrogens is 2. The Morgan fingerprint density at radius 2 is 2.06 bits per heavy atom. The molecule has 0 spiro atoms. The van der Waals surface area contributed by atoms with Crippen molar-refractivity contribution in [2.75, 3.05) is 0 Å². The van der Waals surface area contributed by atoms with Crippen molar-refractivity contribution in [2.45, 2.75) is 31.7 Å². The summed E-state index contributed by atoms with van der Waals surface area (Å²) < 4.78 is 14.9. The third-order valence-corrected chi connectivity index (χ3v) is 3.57. The number of hydrogen-bond donors (Lipinski definition) is 1. The average molecular weight is 246 g/mol. The van der Waals surface area contributed by atoms with Crippen LogP contribution in [0.3, 0.4) is 0 Å². The molecule has 1 N–H and O–H groups in total. The molecule has 1 aromatic heterocycles. The van der Waals surface area contributed by atoms with E-state index in [0.717, 1.165) is 24.5 Å². The van der Waals surface area contributed by atoms with Gasteiger partial charge in [-0.2, -0.15) is 5.10 Å². The van der Waals surface area contributed by atoms with Crippen LogP contribution in [0.2, 0.25) is 0 Å². The molecule has 2 aromatic rings. The summed E-state index contributed by atoms with van der Waals surface area (Å²) in [6.07, 6.45) is 8.49. The number of hydrogen-bond acceptors (Lipinski definition) is 2. The minimum Gasteiger partial charge on any atom is -0.507 e. The van der Waals surface area contributed by atoms with E-state index >= 15 is 0 Å². The van der Waals surface area contributed by atoms with Crippen LogP contribution >= 0.6 is 0 Å². The first kappa shape index (κ1) is 11.3. The highest BCUT2D eigenvalue weighted by molar-refractivity contribution is 5.68. The minimum atomic E-state index is -0.431. The topological polar surface area (TPSA) is 38.1 Å². The van der Waals surface area contributed by atoms with Crippen molar-refractivity contribution in [1.82, 2.24) is 9.78 Å². The van der Waals surface area contributed by atoms with Crippen molar-refractivity contribution < 1.29 is 9.50 Å². The molecular weight excluding hydrogens is 231 g/mol. The maximum atomic E-state index is 12.9. The van der Waals surface area contributed by atoms with Gasteiger partial charge in [0.05, 0.1) is 12.2 Å². The van der Waals surface area contributed by atoms with Gasteiger partial charge in [-0.1, -0.05) is 12.8 Å². The van der Waals surface area contributed by atoms with Gasteiger partial charge in [0.15, 0.2) is 0 Å². The zero-order valence-corrected chi connectivity index (χ0v) is 10.0. The van der Waals surface area contributed by atoms with E-state index in [1.54, 1.807) is 12.3 Å². The van der Waals surface area contributed by atoms with Crippen molar-refractivity contribution >= 4 is 0 Å². The number of nitrogens with zero attached hydrogens (tertiary/aromatic N) is 2. The smallest absolute Gasteiger partial charge is 0.126 e. The molecule has 1 heterocycles. The standard InChI is InChI=1S/C14H15FN2O/c15-11-5-6-13(14(18)7-11)10-8-16-17(9-10)12-3-1-2-4-12/h5-9,12,18H,1-4H2. The predicted molar refractivity (Wildman–Crippen MR) is 66.8 cm³/mol. The predicted octanol–water partition coefficient (Wildman–Crippen LogP) is 3.51. The van der Waals surface area contributed by atoms with Crippen molar-refractivity contribution in [3.8, 4) is 16.9 Å². The van der Waals surface area contributed by atoms with E-state index in [4.69, 9.17) is 0 Å². The summed E-state index contributed by atoms with van der Waals surface area (Å²) in [4.78, 5) is 0. The van der Waals surface area contributed by atoms with Crippen molar-refractivity contribution in [1.29, 1.82) is 0 Å². The van der Waals surface area contributed by atoms with Gasteiger partial charge in [-0.15, -0.1) is 0 Å². The monoisotopic (exact) mass is 246 g/mol. The van der Waals surface area contributed by atoms with Crippen LogP contribution in [0.5, 0.6) is 5.75 Å². The lowest BCUT2D eigenvalue weighted by Gasteiger charge is -2.08. The molecule has 1 aliphatic rings. The molecule has 0 saturated heterocycles. The second-order valence-corrected chi connectivity index (χ2v) is 4.81. The normalized spacial score (nSPS) is 16.3. The summed E-state index contributed by atoms with van der Waals surface area (Å²) in [6, 6.07) is 4.53. The molecule has 0 amide bonds. The molecular formula is C14H15FN2O. The third-order valence-electron chi connectivity index (χ3n) is 3.57. The van der Waals surface area contributed by atoms with Crippen LogP contribution in [0, 0.1) is 5.82 Å². The molecule has 0 unspecified atom stereocenters. The van der Waals surface area contributed by atoms with E-state index in [-0.39, 0.29) is 5.75 Å². The molecule has 18 heavy (non-hydrogen) atoms. The Bertz CT molecular complexity index is 559. The zero-order valence-electron chi connectivity index (χ0n) is 10.0. The van der Waals surface area contributed by atoms with Gasteiger partial charge in [-0.3, -0.25) is 4.68 Å². The Labute approximate surface area is 105 Å². The van der Waals surface area contributed by atoms with Crippen LogP contribution in [-0.4, -0.2) is 14.9 Å². The molecule has 1 saturated carbocycles. The van der Waals surface area contributed by atoms with E-state index in [1.165, 1.54) is 18.9 Å². The van der Waals surface area contributed by atoms with Crippen LogP contribution in [0.15, 0.2) is 30.6 Å². The SMILES string of the molecule is Oc1cc(F)ccc1-c1cnn(C2CCCC2)c1. The first-order valence-corrected chi connectivity index (χ1v) is 6.27. The fraction of sp³-hybridized carbons (Fsp3) is 0.357. The summed E-state index contributed by atoms with van der Waals surface area (Å²) in [6.45, 7) is 0. The number of halogens is 1. The van der Waals surface area contributed by atoms with Gasteiger partial charge < -0.3 is 5.11 Å². The van der Waals surface area contributed by atoms with E-state index in [0.29, 0.717) is 11.6 Å². The van der Waals surface area contributed by atoms with E-state index in [9.17, 15) is 9.50 Å². The lowest BCUT2D eigenvalue weighted by Crippen LogP contribution is -2.04. The van der Waals surface area contributed by atoms with Crippen molar-refractivity contribution in [3.63, 3.8) is 0 Å². The molecule has 1 aromatic carbocycles. The largest absolute Gasteiger partial charge is 0.507 e. The molecule has 3 rings (SSSR count). The van der Waals surface area contributed by atoms with Crippen LogP contribution in [-0.2, 0) is 0 Å². The van der Waals surface area contributed by atoms with E-state index in [1.807, 2.05) is 10.9 Å². The minimum absolute atomic E-state index is 0.0408. The van der Waals surface area contributed by atoms with Crippen molar-refractivity contribution in [2.24, 2.45) is 0 Å². The Kier molecular flexibility index (Phi) is 2.78. The first-order valence-electron chi connectivity index (χ1n) is 6.27. The van der Waals surface area contributed by atoms with Gasteiger partial charge in [-0.25, -0.2) is 4.39 Å². The third kappa shape index (κ3) is 1.98. The number of phenolic OH excluding ortho intramolecular Hbond substituents is 1. The van der Waals surface area contributed by atoms with Crippen LogP contribution in [0.25, 0.3) is 11.1 Å². The van der Waals surface area contributed by atoms with Gasteiger partial charge >= 0.3 is 0 Å². The summed E-state index contributed by atoms with van der Waals surface area (Å²) in [5.74, 6) is -0.472.